The van der Waals surface area contributed by atoms with Crippen LogP contribution in [0, 0.1) is 23.7 Å². The maximum absolute atomic E-state index is 2.40. The molecule has 0 spiro atoms. The van der Waals surface area contributed by atoms with Crippen LogP contribution in [0.15, 0.2) is 0 Å². The molecule has 72 valence electrons. The zero-order valence-electron chi connectivity index (χ0n) is 9.30. The van der Waals surface area contributed by atoms with E-state index in [9.17, 15) is 0 Å². The molecule has 1 rings (SSSR count). The van der Waals surface area contributed by atoms with Crippen molar-refractivity contribution in [3.63, 3.8) is 0 Å². The van der Waals surface area contributed by atoms with Gasteiger partial charge in [0.1, 0.15) is 0 Å². The Hall–Kier alpha value is 0.217. The van der Waals surface area contributed by atoms with Gasteiger partial charge >= 0.3 is 0 Å². The number of hydrogen-bond acceptors (Lipinski definition) is 0. The Kier molecular flexibility index (Phi) is 3.39. The van der Waals surface area contributed by atoms with Crippen LogP contribution in [0.2, 0.25) is 5.54 Å². The largest absolute Gasteiger partial charge is 0.0625 e. The van der Waals surface area contributed by atoms with Crippen molar-refractivity contribution in [2.75, 3.05) is 0 Å². The minimum absolute atomic E-state index is 0.927. The Balaban J connectivity index is 2.55. The van der Waals surface area contributed by atoms with Crippen molar-refractivity contribution in [2.24, 2.45) is 23.7 Å². The Morgan fingerprint density at radius 3 is 1.42 bits per heavy atom. The molecule has 0 N–H and O–H groups in total. The molecule has 1 fully saturated rings. The van der Waals surface area contributed by atoms with Crippen LogP contribution in [0.4, 0.5) is 0 Å². The SMILES string of the molecule is CC(C)C1CCC(C(C)C)C1[SiH3]. The highest BCUT2D eigenvalue weighted by Gasteiger charge is 2.35. The van der Waals surface area contributed by atoms with Gasteiger partial charge in [-0.1, -0.05) is 27.7 Å². The fourth-order valence-electron chi connectivity index (χ4n) is 3.11. The average Bonchev–Trinajstić information content (AvgIpc) is 2.30. The Bertz CT molecular complexity index is 124. The zero-order valence-corrected chi connectivity index (χ0v) is 11.3. The van der Waals surface area contributed by atoms with Crippen LogP contribution in [-0.4, -0.2) is 10.2 Å². The molecular weight excluding hydrogens is 160 g/mol. The molecule has 0 aliphatic heterocycles. The lowest BCUT2D eigenvalue weighted by atomic mass is 9.88. The van der Waals surface area contributed by atoms with Gasteiger partial charge < -0.3 is 0 Å². The highest BCUT2D eigenvalue weighted by atomic mass is 28.1. The molecule has 1 heteroatoms. The van der Waals surface area contributed by atoms with Gasteiger partial charge in [-0.05, 0) is 42.1 Å². The first-order valence-corrected chi connectivity index (χ1v) is 6.69. The molecule has 0 radical (unpaired) electrons. The molecule has 0 amide bonds. The Morgan fingerprint density at radius 1 is 0.917 bits per heavy atom. The predicted octanol–water partition coefficient (Wildman–Crippen LogP) is 2.48. The van der Waals surface area contributed by atoms with Crippen LogP contribution in [0.25, 0.3) is 0 Å². The first-order chi connectivity index (χ1) is 5.54. The van der Waals surface area contributed by atoms with Gasteiger partial charge in [-0.2, -0.15) is 0 Å². The second kappa shape index (κ2) is 3.95. The van der Waals surface area contributed by atoms with Gasteiger partial charge in [-0.15, -0.1) is 0 Å². The lowest BCUT2D eigenvalue weighted by Crippen LogP contribution is -2.17. The van der Waals surface area contributed by atoms with Crippen LogP contribution >= 0.6 is 0 Å². The third-order valence-electron chi connectivity index (χ3n) is 3.90. The molecule has 0 heterocycles. The standard InChI is InChI=1S/C11H24Si/c1-7(2)9-5-6-10(8(3)4)11(9)12/h7-11H,5-6H2,1-4,12H3. The van der Waals surface area contributed by atoms with E-state index in [-0.39, 0.29) is 0 Å². The van der Waals surface area contributed by atoms with Crippen LogP contribution in [-0.2, 0) is 0 Å². The highest BCUT2D eigenvalue weighted by Crippen LogP contribution is 2.46. The van der Waals surface area contributed by atoms with Crippen molar-refractivity contribution in [3.05, 3.63) is 0 Å². The van der Waals surface area contributed by atoms with Gasteiger partial charge in [-0.3, -0.25) is 0 Å². The number of hydrogen-bond donors (Lipinski definition) is 0. The zero-order chi connectivity index (χ0) is 9.30. The molecule has 0 aromatic rings. The molecule has 12 heavy (non-hydrogen) atoms. The van der Waals surface area contributed by atoms with E-state index in [2.05, 4.69) is 27.7 Å². The minimum Gasteiger partial charge on any atom is -0.0625 e. The van der Waals surface area contributed by atoms with Crippen molar-refractivity contribution in [3.8, 4) is 0 Å². The van der Waals surface area contributed by atoms with Crippen molar-refractivity contribution in [1.29, 1.82) is 0 Å². The quantitative estimate of drug-likeness (QED) is 0.578. The van der Waals surface area contributed by atoms with E-state index in [4.69, 9.17) is 0 Å². The summed E-state index contributed by atoms with van der Waals surface area (Å²) in [5, 5.41) is 0. The lowest BCUT2D eigenvalue weighted by molar-refractivity contribution is 0.341. The molecule has 0 aromatic heterocycles. The summed E-state index contributed by atoms with van der Waals surface area (Å²) in [6, 6.07) is 0. The normalized spacial score (nSPS) is 37.0. The maximum Gasteiger partial charge on any atom is 0.00746 e. The van der Waals surface area contributed by atoms with E-state index in [1.165, 1.54) is 23.1 Å². The minimum atomic E-state index is 0.927. The van der Waals surface area contributed by atoms with E-state index < -0.39 is 0 Å². The Labute approximate surface area is 80.6 Å². The molecule has 1 aliphatic rings. The van der Waals surface area contributed by atoms with Crippen molar-refractivity contribution < 1.29 is 0 Å². The summed E-state index contributed by atoms with van der Waals surface area (Å²) in [6.07, 6.45) is 3.02. The van der Waals surface area contributed by atoms with Crippen LogP contribution in [0.3, 0.4) is 0 Å². The van der Waals surface area contributed by atoms with Gasteiger partial charge in [0.05, 0.1) is 0 Å². The van der Waals surface area contributed by atoms with Gasteiger partial charge in [0.15, 0.2) is 0 Å². The third kappa shape index (κ3) is 1.93. The summed E-state index contributed by atoms with van der Waals surface area (Å²) in [6.45, 7) is 9.60. The van der Waals surface area contributed by atoms with Gasteiger partial charge in [0, 0.05) is 10.2 Å². The van der Waals surface area contributed by atoms with Crippen molar-refractivity contribution in [1.82, 2.24) is 0 Å². The maximum atomic E-state index is 2.40. The van der Waals surface area contributed by atoms with Crippen LogP contribution in [0.5, 0.6) is 0 Å². The lowest BCUT2D eigenvalue weighted by Gasteiger charge is -2.25. The number of rotatable bonds is 2. The third-order valence-corrected chi connectivity index (χ3v) is 5.61. The molecule has 2 unspecified atom stereocenters. The van der Waals surface area contributed by atoms with E-state index in [1.807, 2.05) is 0 Å². The van der Waals surface area contributed by atoms with Crippen molar-refractivity contribution in [2.45, 2.75) is 46.1 Å². The van der Waals surface area contributed by atoms with E-state index in [1.54, 1.807) is 0 Å². The van der Waals surface area contributed by atoms with E-state index in [0.29, 0.717) is 0 Å². The summed E-state index contributed by atoms with van der Waals surface area (Å²) < 4.78 is 0. The van der Waals surface area contributed by atoms with Gasteiger partial charge in [0.25, 0.3) is 0 Å². The summed E-state index contributed by atoms with van der Waals surface area (Å²) in [5.41, 5.74) is 1.10. The summed E-state index contributed by atoms with van der Waals surface area (Å²) >= 11 is 0. The predicted molar refractivity (Wildman–Crippen MR) is 59.6 cm³/mol. The van der Waals surface area contributed by atoms with Crippen molar-refractivity contribution >= 4 is 10.2 Å². The first-order valence-electron chi connectivity index (χ1n) is 5.54. The molecule has 0 nitrogen and oxygen atoms in total. The molecule has 1 saturated carbocycles. The smallest absolute Gasteiger partial charge is 0.00746 e. The Morgan fingerprint density at radius 2 is 1.25 bits per heavy atom. The second-order valence-corrected chi connectivity index (χ2v) is 6.59. The van der Waals surface area contributed by atoms with E-state index >= 15 is 0 Å². The fraction of sp³-hybridized carbons (Fsp3) is 1.00. The molecule has 0 bridgehead atoms. The molecule has 0 aromatic carbocycles. The second-order valence-electron chi connectivity index (χ2n) is 5.25. The van der Waals surface area contributed by atoms with Gasteiger partial charge in [-0.25, -0.2) is 0 Å². The topological polar surface area (TPSA) is 0 Å². The first kappa shape index (κ1) is 10.3. The van der Waals surface area contributed by atoms with Crippen LogP contribution in [0.1, 0.15) is 40.5 Å². The average molecular weight is 184 g/mol. The fourth-order valence-corrected chi connectivity index (χ4v) is 5.32. The molecule has 2 atom stereocenters. The van der Waals surface area contributed by atoms with E-state index in [0.717, 1.165) is 29.2 Å². The summed E-state index contributed by atoms with van der Waals surface area (Å²) in [4.78, 5) is 0. The van der Waals surface area contributed by atoms with Gasteiger partial charge in [0.2, 0.25) is 0 Å². The molecule has 1 aliphatic carbocycles. The molecule has 0 saturated heterocycles. The monoisotopic (exact) mass is 184 g/mol. The summed E-state index contributed by atoms with van der Waals surface area (Å²) in [5.74, 6) is 3.97. The van der Waals surface area contributed by atoms with Crippen LogP contribution < -0.4 is 0 Å². The highest BCUT2D eigenvalue weighted by molar-refractivity contribution is 6.12. The summed E-state index contributed by atoms with van der Waals surface area (Å²) in [7, 11) is 1.41. The molecular formula is C11H24Si.